The van der Waals surface area contributed by atoms with Crippen molar-refractivity contribution in [3.8, 4) is 0 Å². The molecule has 25 heavy (non-hydrogen) atoms. The van der Waals surface area contributed by atoms with E-state index < -0.39 is 23.7 Å². The largest absolute Gasteiger partial charge is 0.623 e. The van der Waals surface area contributed by atoms with E-state index in [4.69, 9.17) is 4.74 Å². The second-order valence-electron chi connectivity index (χ2n) is 6.68. The number of hydrogen-bond donors (Lipinski definition) is 2. The van der Waals surface area contributed by atoms with Crippen molar-refractivity contribution in [1.29, 1.82) is 0 Å². The number of unbranched alkanes of at least 4 members (excludes halogenated alkanes) is 1. The first-order valence-corrected chi connectivity index (χ1v) is 8.24. The van der Waals surface area contributed by atoms with Crippen molar-refractivity contribution in [2.24, 2.45) is 0 Å². The van der Waals surface area contributed by atoms with Crippen LogP contribution >= 0.6 is 0 Å². The highest BCUT2D eigenvalue weighted by Gasteiger charge is 2.24. The van der Waals surface area contributed by atoms with E-state index in [-0.39, 0.29) is 6.42 Å². The molecule has 0 aliphatic carbocycles. The molecule has 1 aromatic rings. The van der Waals surface area contributed by atoms with Crippen LogP contribution in [0, 0.1) is 5.21 Å². The van der Waals surface area contributed by atoms with E-state index >= 15 is 0 Å². The fourth-order valence-corrected chi connectivity index (χ4v) is 2.10. The van der Waals surface area contributed by atoms with Gasteiger partial charge in [0.15, 0.2) is 6.21 Å². The Bertz CT molecular complexity index is 593. The Morgan fingerprint density at radius 1 is 1.28 bits per heavy atom. The number of amides is 1. The zero-order valence-corrected chi connectivity index (χ0v) is 14.9. The molecule has 1 aromatic carbocycles. The van der Waals surface area contributed by atoms with Crippen LogP contribution in [0.4, 0.5) is 4.79 Å². The lowest BCUT2D eigenvalue weighted by Gasteiger charge is -2.19. The lowest BCUT2D eigenvalue weighted by molar-refractivity contribution is -0.485. The molecule has 1 rings (SSSR count). The van der Waals surface area contributed by atoms with Gasteiger partial charge >= 0.3 is 12.1 Å². The summed E-state index contributed by atoms with van der Waals surface area (Å²) in [6.45, 7) is 5.69. The SMILES string of the molecule is CC(C)(C)OC(=O)NCCCC[C@@H](C(=O)O)/[N+]([O-])=C/c1ccccc1. The minimum atomic E-state index is -1.16. The summed E-state index contributed by atoms with van der Waals surface area (Å²) in [5.41, 5.74) is 0.0878. The predicted octanol–water partition coefficient (Wildman–Crippen LogP) is 2.76. The molecule has 0 radical (unpaired) electrons. The fraction of sp³-hybridized carbons (Fsp3) is 0.500. The third-order valence-corrected chi connectivity index (χ3v) is 3.24. The van der Waals surface area contributed by atoms with Crippen LogP contribution in [0.1, 0.15) is 45.6 Å². The minimum Gasteiger partial charge on any atom is -0.623 e. The van der Waals surface area contributed by atoms with E-state index in [1.165, 1.54) is 6.21 Å². The summed E-state index contributed by atoms with van der Waals surface area (Å²) in [6.07, 6.45) is 2.01. The number of ether oxygens (including phenoxy) is 1. The maximum atomic E-state index is 12.1. The number of benzene rings is 1. The van der Waals surface area contributed by atoms with Crippen LogP contribution in [0.5, 0.6) is 0 Å². The third-order valence-electron chi connectivity index (χ3n) is 3.24. The van der Waals surface area contributed by atoms with Crippen molar-refractivity contribution in [2.45, 2.75) is 51.7 Å². The summed E-state index contributed by atoms with van der Waals surface area (Å²) < 4.78 is 5.57. The van der Waals surface area contributed by atoms with Gasteiger partial charge in [0.2, 0.25) is 0 Å². The van der Waals surface area contributed by atoms with E-state index in [9.17, 15) is 19.9 Å². The lowest BCUT2D eigenvalue weighted by Crippen LogP contribution is -2.33. The zero-order chi connectivity index (χ0) is 18.9. The van der Waals surface area contributed by atoms with Crippen molar-refractivity contribution in [3.05, 3.63) is 41.1 Å². The number of alkyl carbamates (subject to hydrolysis) is 1. The molecule has 0 bridgehead atoms. The van der Waals surface area contributed by atoms with Gasteiger partial charge in [0.25, 0.3) is 6.04 Å². The van der Waals surface area contributed by atoms with Crippen molar-refractivity contribution in [3.63, 3.8) is 0 Å². The van der Waals surface area contributed by atoms with Gasteiger partial charge in [0.05, 0.1) is 0 Å². The molecule has 0 aromatic heterocycles. The Hall–Kier alpha value is -2.57. The molecule has 0 saturated carbocycles. The Balaban J connectivity index is 2.43. The Labute approximate surface area is 147 Å². The van der Waals surface area contributed by atoms with Gasteiger partial charge in [-0.1, -0.05) is 18.2 Å². The molecule has 138 valence electrons. The van der Waals surface area contributed by atoms with Gasteiger partial charge in [-0.05, 0) is 45.7 Å². The zero-order valence-electron chi connectivity index (χ0n) is 14.9. The highest BCUT2D eigenvalue weighted by atomic mass is 16.6. The molecule has 1 atom stereocenters. The minimum absolute atomic E-state index is 0.193. The van der Waals surface area contributed by atoms with E-state index in [2.05, 4.69) is 5.32 Å². The summed E-state index contributed by atoms with van der Waals surface area (Å²) in [5, 5.41) is 23.9. The maximum Gasteiger partial charge on any atom is 0.407 e. The molecule has 0 heterocycles. The molecule has 0 spiro atoms. The maximum absolute atomic E-state index is 12.1. The van der Waals surface area contributed by atoms with Crippen LogP contribution in [0.3, 0.4) is 0 Å². The Morgan fingerprint density at radius 2 is 1.92 bits per heavy atom. The number of carboxylic acids is 1. The molecule has 7 heteroatoms. The average molecular weight is 350 g/mol. The van der Waals surface area contributed by atoms with Gasteiger partial charge in [-0.15, -0.1) is 0 Å². The van der Waals surface area contributed by atoms with Crippen molar-refractivity contribution < 1.29 is 24.2 Å². The van der Waals surface area contributed by atoms with Crippen LogP contribution < -0.4 is 5.32 Å². The summed E-state index contributed by atoms with van der Waals surface area (Å²) in [6, 6.07) is 7.68. The quantitative estimate of drug-likeness (QED) is 0.247. The van der Waals surface area contributed by atoms with Crippen molar-refractivity contribution >= 4 is 18.3 Å². The summed E-state index contributed by atoms with van der Waals surface area (Å²) in [4.78, 5) is 22.8. The summed E-state index contributed by atoms with van der Waals surface area (Å²) in [5.74, 6) is -1.16. The van der Waals surface area contributed by atoms with Gasteiger partial charge in [0, 0.05) is 18.5 Å². The van der Waals surface area contributed by atoms with Crippen molar-refractivity contribution in [2.75, 3.05) is 6.54 Å². The molecule has 2 N–H and O–H groups in total. The second-order valence-corrected chi connectivity index (χ2v) is 6.68. The van der Waals surface area contributed by atoms with E-state index in [0.717, 1.165) is 0 Å². The number of hydroxylamine groups is 1. The number of rotatable bonds is 8. The highest BCUT2D eigenvalue weighted by Crippen LogP contribution is 2.08. The summed E-state index contributed by atoms with van der Waals surface area (Å²) >= 11 is 0. The number of carbonyl (C=O) groups excluding carboxylic acids is 1. The first-order chi connectivity index (χ1) is 11.7. The monoisotopic (exact) mass is 350 g/mol. The molecule has 0 fully saturated rings. The van der Waals surface area contributed by atoms with Crippen LogP contribution in [-0.2, 0) is 9.53 Å². The molecule has 7 nitrogen and oxygen atoms in total. The first-order valence-electron chi connectivity index (χ1n) is 8.24. The fourth-order valence-electron chi connectivity index (χ4n) is 2.10. The normalized spacial score (nSPS) is 13.2. The summed E-state index contributed by atoms with van der Waals surface area (Å²) in [7, 11) is 0. The predicted molar refractivity (Wildman–Crippen MR) is 94.7 cm³/mol. The van der Waals surface area contributed by atoms with Crippen LogP contribution in [0.15, 0.2) is 30.3 Å². The van der Waals surface area contributed by atoms with Crippen LogP contribution in [0.25, 0.3) is 0 Å². The number of hydrogen-bond acceptors (Lipinski definition) is 4. The molecule has 0 saturated heterocycles. The van der Waals surface area contributed by atoms with Gasteiger partial charge in [-0.25, -0.2) is 9.59 Å². The Kier molecular flexibility index (Phi) is 7.91. The first kappa shape index (κ1) is 20.5. The third kappa shape index (κ3) is 8.74. The number of carboxylic acid groups (broad SMARTS) is 1. The molecule has 0 unspecified atom stereocenters. The van der Waals surface area contributed by atoms with E-state index in [0.29, 0.717) is 29.7 Å². The Morgan fingerprint density at radius 3 is 2.48 bits per heavy atom. The van der Waals surface area contributed by atoms with Gasteiger partial charge in [-0.2, -0.15) is 4.74 Å². The standard InChI is InChI=1S/C18H26N2O5/c1-18(2,3)25-17(23)19-12-8-7-11-15(16(21)22)20(24)13-14-9-5-4-6-10-14/h4-6,9-10,13,15H,7-8,11-12H2,1-3H3,(H,19,23)(H,21,22)/b20-13-/t15-/m0/s1. The van der Waals surface area contributed by atoms with Gasteiger partial charge < -0.3 is 20.4 Å². The average Bonchev–Trinajstić information content (AvgIpc) is 2.49. The number of nitrogens with one attached hydrogen (secondary N) is 1. The molecule has 0 aliphatic rings. The highest BCUT2D eigenvalue weighted by molar-refractivity contribution is 5.78. The van der Waals surface area contributed by atoms with Gasteiger partial charge in [0.1, 0.15) is 5.60 Å². The topological polar surface area (TPSA) is 102 Å². The molecular weight excluding hydrogens is 324 g/mol. The lowest BCUT2D eigenvalue weighted by atomic mass is 10.1. The number of nitrogens with zero attached hydrogens (tertiary/aromatic N) is 1. The number of carbonyl (C=O) groups is 2. The van der Waals surface area contributed by atoms with Gasteiger partial charge in [-0.3, -0.25) is 0 Å². The second kappa shape index (κ2) is 9.66. The molecular formula is C18H26N2O5. The van der Waals surface area contributed by atoms with Crippen molar-refractivity contribution in [1.82, 2.24) is 5.32 Å². The van der Waals surface area contributed by atoms with Crippen LogP contribution in [-0.4, -0.2) is 46.3 Å². The number of aliphatic carboxylic acids is 1. The van der Waals surface area contributed by atoms with E-state index in [1.807, 2.05) is 6.07 Å². The smallest absolute Gasteiger partial charge is 0.407 e. The van der Waals surface area contributed by atoms with Crippen LogP contribution in [0.2, 0.25) is 0 Å². The molecule has 0 aliphatic heterocycles. The van der Waals surface area contributed by atoms with E-state index in [1.54, 1.807) is 45.0 Å². The molecule has 1 amide bonds.